The van der Waals surface area contributed by atoms with E-state index in [0.717, 1.165) is 56.1 Å². The molecule has 0 aliphatic heterocycles. The van der Waals surface area contributed by atoms with Crippen LogP contribution in [0.25, 0.3) is 11.3 Å². The summed E-state index contributed by atoms with van der Waals surface area (Å²) in [4.78, 5) is 51.8. The summed E-state index contributed by atoms with van der Waals surface area (Å²) in [5.41, 5.74) is 0.266. The standard InChI is InChI=1S/C39H46N4O3/c1-34(2)12-14-39(33(46)43-22-27(42-23-43)24-9-8-16-41-21-24)15-13-38(7)31(26(39)19-34)28(44)17-30-36(5)18-25(20-40)32(45)35(3,4)29(36)10-11-37(30,38)6/h8-9,16-18,21-23,26,29,31H,10-15,19H2,1-7H3/t26-,29?,31+,36+,37-,38-,39+/m1/s1. The van der Waals surface area contributed by atoms with Crippen molar-refractivity contribution in [2.75, 3.05) is 0 Å². The molecule has 0 bridgehead atoms. The van der Waals surface area contributed by atoms with Gasteiger partial charge in [0, 0.05) is 40.9 Å². The number of nitrogens with zero attached hydrogens (tertiary/aromatic N) is 4. The number of hydrogen-bond donors (Lipinski definition) is 0. The summed E-state index contributed by atoms with van der Waals surface area (Å²) in [6.45, 7) is 15.3. The third kappa shape index (κ3) is 3.91. The SMILES string of the molecule is CC1(C)CC[C@]2(C(=O)n3cnc(-c4cccnc4)c3)CC[C@]3(C)[C@H](C(=O)C=C4[C@@]5(C)C=C(C#N)C(=O)C(C)(C)C5CC[C@]43C)[C@H]2C1. The maximum absolute atomic E-state index is 14.8. The number of fused-ring (bicyclic) bond motifs is 7. The van der Waals surface area contributed by atoms with Crippen molar-refractivity contribution in [3.63, 3.8) is 0 Å². The summed E-state index contributed by atoms with van der Waals surface area (Å²) in [7, 11) is 0. The molecule has 240 valence electrons. The molecule has 0 radical (unpaired) electrons. The van der Waals surface area contributed by atoms with Crippen LogP contribution in [0.15, 0.2) is 60.3 Å². The lowest BCUT2D eigenvalue weighted by Crippen LogP contribution is -2.66. The van der Waals surface area contributed by atoms with Gasteiger partial charge in [0.2, 0.25) is 5.91 Å². The number of aromatic nitrogens is 3. The molecule has 3 saturated carbocycles. The Hall–Kier alpha value is -3.66. The molecule has 0 saturated heterocycles. The Balaban J connectivity index is 1.34. The number of ketones is 2. The van der Waals surface area contributed by atoms with E-state index in [0.29, 0.717) is 5.69 Å². The Morgan fingerprint density at radius 1 is 1.02 bits per heavy atom. The highest BCUT2D eigenvalue weighted by Gasteiger charge is 2.71. The third-order valence-electron chi connectivity index (χ3n) is 14.1. The average molecular weight is 619 g/mol. The van der Waals surface area contributed by atoms with Crippen molar-refractivity contribution in [1.29, 1.82) is 5.26 Å². The van der Waals surface area contributed by atoms with Gasteiger partial charge in [0.25, 0.3) is 0 Å². The van der Waals surface area contributed by atoms with Crippen molar-refractivity contribution in [3.05, 3.63) is 60.3 Å². The highest BCUT2D eigenvalue weighted by Crippen LogP contribution is 2.74. The number of rotatable bonds is 2. The summed E-state index contributed by atoms with van der Waals surface area (Å²) in [6, 6.07) is 6.00. The predicted octanol–water partition coefficient (Wildman–Crippen LogP) is 7.80. The van der Waals surface area contributed by atoms with Gasteiger partial charge in [-0.1, -0.05) is 60.1 Å². The van der Waals surface area contributed by atoms with Crippen LogP contribution in [0.2, 0.25) is 0 Å². The molecule has 3 fully saturated rings. The normalized spacial score (nSPS) is 39.0. The van der Waals surface area contributed by atoms with Crippen molar-refractivity contribution in [1.82, 2.24) is 14.5 Å². The number of nitriles is 1. The molecule has 5 aliphatic carbocycles. The molecule has 1 unspecified atom stereocenters. The molecule has 2 aromatic rings. The first-order valence-electron chi connectivity index (χ1n) is 17.0. The molecule has 0 amide bonds. The quantitative estimate of drug-likeness (QED) is 0.340. The second-order valence-electron chi connectivity index (χ2n) is 17.1. The second-order valence-corrected chi connectivity index (χ2v) is 17.1. The fourth-order valence-corrected chi connectivity index (χ4v) is 11.4. The summed E-state index contributed by atoms with van der Waals surface area (Å²) < 4.78 is 1.67. The smallest absolute Gasteiger partial charge is 0.238 e. The van der Waals surface area contributed by atoms with Gasteiger partial charge in [0.05, 0.1) is 16.7 Å². The molecular formula is C39H46N4O3. The molecule has 7 heteroatoms. The number of imidazole rings is 1. The van der Waals surface area contributed by atoms with Gasteiger partial charge >= 0.3 is 0 Å². The van der Waals surface area contributed by atoms with Gasteiger partial charge in [-0.3, -0.25) is 23.9 Å². The van der Waals surface area contributed by atoms with Crippen LogP contribution < -0.4 is 0 Å². The summed E-state index contributed by atoms with van der Waals surface area (Å²) >= 11 is 0. The van der Waals surface area contributed by atoms with Crippen LogP contribution in [0.3, 0.4) is 0 Å². The average Bonchev–Trinajstić information content (AvgIpc) is 3.50. The second kappa shape index (κ2) is 9.69. The monoisotopic (exact) mass is 618 g/mol. The molecular weight excluding hydrogens is 572 g/mol. The lowest BCUT2D eigenvalue weighted by atomic mass is 9.34. The zero-order valence-electron chi connectivity index (χ0n) is 28.3. The largest absolute Gasteiger partial charge is 0.295 e. The number of pyridine rings is 1. The molecule has 2 heterocycles. The van der Waals surface area contributed by atoms with E-state index in [2.05, 4.69) is 50.7 Å². The van der Waals surface area contributed by atoms with Gasteiger partial charge in [-0.15, -0.1) is 0 Å². The van der Waals surface area contributed by atoms with E-state index in [1.165, 1.54) is 0 Å². The van der Waals surface area contributed by atoms with E-state index in [4.69, 9.17) is 0 Å². The van der Waals surface area contributed by atoms with E-state index >= 15 is 0 Å². The Bertz CT molecular complexity index is 1770. The maximum atomic E-state index is 14.8. The highest BCUT2D eigenvalue weighted by molar-refractivity contribution is 6.04. The van der Waals surface area contributed by atoms with Crippen molar-refractivity contribution in [2.24, 2.45) is 50.2 Å². The van der Waals surface area contributed by atoms with E-state index in [-0.39, 0.29) is 57.0 Å². The van der Waals surface area contributed by atoms with Gasteiger partial charge in [-0.2, -0.15) is 5.26 Å². The van der Waals surface area contributed by atoms with Crippen LogP contribution in [0.5, 0.6) is 0 Å². The molecule has 5 aliphatic rings. The number of allylic oxidation sites excluding steroid dienone is 4. The van der Waals surface area contributed by atoms with Gasteiger partial charge in [-0.25, -0.2) is 4.98 Å². The van der Waals surface area contributed by atoms with Gasteiger partial charge < -0.3 is 0 Å². The van der Waals surface area contributed by atoms with E-state index in [9.17, 15) is 19.6 Å². The summed E-state index contributed by atoms with van der Waals surface area (Å²) in [5.74, 6) is -0.323. The van der Waals surface area contributed by atoms with Crippen LogP contribution in [0, 0.1) is 61.6 Å². The van der Waals surface area contributed by atoms with Crippen molar-refractivity contribution >= 4 is 17.5 Å². The Labute approximate surface area is 272 Å². The highest BCUT2D eigenvalue weighted by atomic mass is 16.2. The summed E-state index contributed by atoms with van der Waals surface area (Å²) in [6.07, 6.45) is 16.5. The minimum atomic E-state index is -0.696. The summed E-state index contributed by atoms with van der Waals surface area (Å²) in [5, 5.41) is 10.0. The first-order chi connectivity index (χ1) is 21.5. The van der Waals surface area contributed by atoms with Crippen molar-refractivity contribution in [3.8, 4) is 17.3 Å². The van der Waals surface area contributed by atoms with Crippen LogP contribution in [-0.4, -0.2) is 32.0 Å². The van der Waals surface area contributed by atoms with Crippen LogP contribution in [-0.2, 0) is 9.59 Å². The fourth-order valence-electron chi connectivity index (χ4n) is 11.4. The minimum absolute atomic E-state index is 0.00463. The molecule has 46 heavy (non-hydrogen) atoms. The first-order valence-corrected chi connectivity index (χ1v) is 17.0. The van der Waals surface area contributed by atoms with Gasteiger partial charge in [-0.05, 0) is 91.2 Å². The molecule has 0 N–H and O–H groups in total. The third-order valence-corrected chi connectivity index (χ3v) is 14.1. The molecule has 7 atom stereocenters. The number of hydrogen-bond acceptors (Lipinski definition) is 6. The fraction of sp³-hybridized carbons (Fsp3) is 0.590. The van der Waals surface area contributed by atoms with Crippen molar-refractivity contribution < 1.29 is 14.4 Å². The Morgan fingerprint density at radius 3 is 2.46 bits per heavy atom. The Morgan fingerprint density at radius 2 is 1.76 bits per heavy atom. The first kappa shape index (κ1) is 31.0. The molecule has 7 rings (SSSR count). The minimum Gasteiger partial charge on any atom is -0.295 e. The van der Waals surface area contributed by atoms with E-state index < -0.39 is 16.2 Å². The van der Waals surface area contributed by atoms with E-state index in [1.807, 2.05) is 44.3 Å². The maximum Gasteiger partial charge on any atom is 0.238 e. The topological polar surface area (TPSA) is 106 Å². The molecule has 0 spiro atoms. The zero-order chi connectivity index (χ0) is 33.1. The molecule has 7 nitrogen and oxygen atoms in total. The zero-order valence-corrected chi connectivity index (χ0v) is 28.3. The van der Waals surface area contributed by atoms with Crippen LogP contribution >= 0.6 is 0 Å². The van der Waals surface area contributed by atoms with Gasteiger partial charge in [0.15, 0.2) is 11.6 Å². The molecule has 0 aromatic carbocycles. The van der Waals surface area contributed by atoms with Crippen molar-refractivity contribution in [2.45, 2.75) is 93.4 Å². The predicted molar refractivity (Wildman–Crippen MR) is 175 cm³/mol. The van der Waals surface area contributed by atoms with Crippen LogP contribution in [0.1, 0.15) is 98.2 Å². The van der Waals surface area contributed by atoms with Gasteiger partial charge in [0.1, 0.15) is 12.4 Å². The van der Waals surface area contributed by atoms with E-state index in [1.54, 1.807) is 23.3 Å². The number of carbonyl (C=O) groups is 3. The van der Waals surface area contributed by atoms with Crippen LogP contribution in [0.4, 0.5) is 0 Å². The number of Topliss-reactive ketones (excluding diaryl/α,β-unsaturated/α-hetero) is 1. The Kier molecular flexibility index (Phi) is 6.52. The number of carbonyl (C=O) groups excluding carboxylic acids is 3. The lowest BCUT2D eigenvalue weighted by Gasteiger charge is -2.69. The molecule has 2 aromatic heterocycles. The lowest BCUT2D eigenvalue weighted by molar-refractivity contribution is -0.164.